The summed E-state index contributed by atoms with van der Waals surface area (Å²) in [5, 5.41) is 8.50. The molecular formula is C7H11NOS2. The molecule has 2 nitrogen and oxygen atoms in total. The molecule has 1 heterocycles. The van der Waals surface area contributed by atoms with Crippen LogP contribution in [0.4, 0.5) is 0 Å². The van der Waals surface area contributed by atoms with Crippen LogP contribution in [0.15, 0.2) is 11.7 Å². The van der Waals surface area contributed by atoms with Gasteiger partial charge in [-0.25, -0.2) is 0 Å². The van der Waals surface area contributed by atoms with Gasteiger partial charge in [0.25, 0.3) is 0 Å². The molecule has 4 heteroatoms. The zero-order valence-electron chi connectivity index (χ0n) is 6.19. The number of aromatic nitrogens is 1. The molecule has 62 valence electrons. The Balaban J connectivity index is 2.04. The van der Waals surface area contributed by atoms with Crippen molar-refractivity contribution in [1.82, 2.24) is 4.98 Å². The van der Waals surface area contributed by atoms with Crippen molar-refractivity contribution >= 4 is 23.1 Å². The minimum absolute atomic E-state index is 0.301. The molecule has 0 saturated carbocycles. The molecule has 0 saturated heterocycles. The zero-order valence-corrected chi connectivity index (χ0v) is 7.83. The Morgan fingerprint density at radius 1 is 1.64 bits per heavy atom. The quantitative estimate of drug-likeness (QED) is 0.716. The smallest absolute Gasteiger partial charge is 0.0794 e. The Bertz CT molecular complexity index is 177. The first-order valence-corrected chi connectivity index (χ1v) is 5.53. The third-order valence-electron chi connectivity index (χ3n) is 1.17. The van der Waals surface area contributed by atoms with Gasteiger partial charge in [-0.2, -0.15) is 11.8 Å². The standard InChI is InChI=1S/C7H11NOS2/c9-2-1-3-10-5-7-4-8-6-11-7/h4,6,9H,1-3,5H2. The molecule has 0 bridgehead atoms. The Hall–Kier alpha value is -0.0600. The van der Waals surface area contributed by atoms with Crippen LogP contribution in [0, 0.1) is 0 Å². The predicted molar refractivity (Wildman–Crippen MR) is 50.0 cm³/mol. The van der Waals surface area contributed by atoms with Crippen LogP contribution in [0.2, 0.25) is 0 Å². The van der Waals surface area contributed by atoms with E-state index in [1.165, 1.54) is 4.88 Å². The summed E-state index contributed by atoms with van der Waals surface area (Å²) >= 11 is 3.53. The second-order valence-electron chi connectivity index (χ2n) is 2.10. The largest absolute Gasteiger partial charge is 0.396 e. The number of nitrogens with zero attached hydrogens (tertiary/aromatic N) is 1. The van der Waals surface area contributed by atoms with Gasteiger partial charge in [0.05, 0.1) is 5.51 Å². The van der Waals surface area contributed by atoms with Crippen molar-refractivity contribution in [2.45, 2.75) is 12.2 Å². The lowest BCUT2D eigenvalue weighted by atomic mass is 10.5. The van der Waals surface area contributed by atoms with Gasteiger partial charge in [-0.05, 0) is 12.2 Å². The maximum absolute atomic E-state index is 8.50. The number of hydrogen-bond acceptors (Lipinski definition) is 4. The highest BCUT2D eigenvalue weighted by molar-refractivity contribution is 7.98. The Morgan fingerprint density at radius 3 is 3.18 bits per heavy atom. The second-order valence-corrected chi connectivity index (χ2v) is 4.17. The van der Waals surface area contributed by atoms with Crippen LogP contribution >= 0.6 is 23.1 Å². The monoisotopic (exact) mass is 189 g/mol. The summed E-state index contributed by atoms with van der Waals surface area (Å²) in [4.78, 5) is 5.29. The van der Waals surface area contributed by atoms with Gasteiger partial charge in [-0.1, -0.05) is 0 Å². The van der Waals surface area contributed by atoms with Gasteiger partial charge in [-0.15, -0.1) is 11.3 Å². The van der Waals surface area contributed by atoms with Gasteiger partial charge in [0.2, 0.25) is 0 Å². The molecule has 0 atom stereocenters. The number of thioether (sulfide) groups is 1. The minimum Gasteiger partial charge on any atom is -0.396 e. The van der Waals surface area contributed by atoms with E-state index in [4.69, 9.17) is 5.11 Å². The first kappa shape index (κ1) is 9.03. The van der Waals surface area contributed by atoms with Crippen molar-refractivity contribution in [2.24, 2.45) is 0 Å². The number of aliphatic hydroxyl groups excluding tert-OH is 1. The number of hydrogen-bond donors (Lipinski definition) is 1. The van der Waals surface area contributed by atoms with E-state index in [1.807, 2.05) is 23.5 Å². The van der Waals surface area contributed by atoms with E-state index in [2.05, 4.69) is 4.98 Å². The Labute approximate surface area is 74.7 Å². The lowest BCUT2D eigenvalue weighted by Crippen LogP contribution is -1.85. The molecule has 11 heavy (non-hydrogen) atoms. The highest BCUT2D eigenvalue weighted by Crippen LogP contribution is 2.15. The second kappa shape index (κ2) is 5.57. The SMILES string of the molecule is OCCCSCc1cncs1. The molecule has 0 spiro atoms. The first-order chi connectivity index (χ1) is 5.43. The normalized spacial score (nSPS) is 10.3. The Morgan fingerprint density at radius 2 is 2.55 bits per heavy atom. The maximum atomic E-state index is 8.50. The summed E-state index contributed by atoms with van der Waals surface area (Å²) in [6.07, 6.45) is 2.79. The number of aliphatic hydroxyl groups is 1. The summed E-state index contributed by atoms with van der Waals surface area (Å²) in [7, 11) is 0. The van der Waals surface area contributed by atoms with Crippen molar-refractivity contribution in [3.8, 4) is 0 Å². The van der Waals surface area contributed by atoms with Crippen LogP contribution in [-0.2, 0) is 5.75 Å². The highest BCUT2D eigenvalue weighted by atomic mass is 32.2. The van der Waals surface area contributed by atoms with Crippen LogP contribution in [-0.4, -0.2) is 22.5 Å². The summed E-state index contributed by atoms with van der Waals surface area (Å²) in [6.45, 7) is 0.301. The van der Waals surface area contributed by atoms with E-state index in [1.54, 1.807) is 11.3 Å². The van der Waals surface area contributed by atoms with Crippen molar-refractivity contribution in [1.29, 1.82) is 0 Å². The maximum Gasteiger partial charge on any atom is 0.0794 e. The van der Waals surface area contributed by atoms with E-state index >= 15 is 0 Å². The van der Waals surface area contributed by atoms with E-state index in [9.17, 15) is 0 Å². The third kappa shape index (κ3) is 3.74. The molecule has 0 aliphatic carbocycles. The molecular weight excluding hydrogens is 178 g/mol. The molecule has 1 rings (SSSR count). The van der Waals surface area contributed by atoms with E-state index < -0.39 is 0 Å². The van der Waals surface area contributed by atoms with Gasteiger partial charge < -0.3 is 5.11 Å². The first-order valence-electron chi connectivity index (χ1n) is 3.49. The average Bonchev–Trinajstić information content (AvgIpc) is 2.50. The molecule has 0 aromatic carbocycles. The lowest BCUT2D eigenvalue weighted by molar-refractivity contribution is 0.296. The predicted octanol–water partition coefficient (Wildman–Crippen LogP) is 1.76. The molecule has 1 aromatic rings. The molecule has 0 fully saturated rings. The molecule has 1 aromatic heterocycles. The van der Waals surface area contributed by atoms with Gasteiger partial charge in [0.1, 0.15) is 0 Å². The van der Waals surface area contributed by atoms with Crippen molar-refractivity contribution < 1.29 is 5.11 Å². The van der Waals surface area contributed by atoms with Crippen LogP contribution in [0.3, 0.4) is 0 Å². The fourth-order valence-electron chi connectivity index (χ4n) is 0.653. The van der Waals surface area contributed by atoms with Gasteiger partial charge in [0, 0.05) is 23.4 Å². The van der Waals surface area contributed by atoms with Gasteiger partial charge in [0.15, 0.2) is 0 Å². The van der Waals surface area contributed by atoms with Crippen LogP contribution < -0.4 is 0 Å². The summed E-state index contributed by atoms with van der Waals surface area (Å²) in [5.74, 6) is 2.07. The van der Waals surface area contributed by atoms with E-state index in [0.29, 0.717) is 6.61 Å². The summed E-state index contributed by atoms with van der Waals surface area (Å²) < 4.78 is 0. The molecule has 0 aliphatic rings. The molecule has 0 amide bonds. The van der Waals surface area contributed by atoms with E-state index in [-0.39, 0.29) is 0 Å². The van der Waals surface area contributed by atoms with Gasteiger partial charge >= 0.3 is 0 Å². The van der Waals surface area contributed by atoms with Crippen LogP contribution in [0.25, 0.3) is 0 Å². The highest BCUT2D eigenvalue weighted by Gasteiger charge is 1.93. The van der Waals surface area contributed by atoms with Crippen LogP contribution in [0.1, 0.15) is 11.3 Å². The summed E-state index contributed by atoms with van der Waals surface area (Å²) in [6, 6.07) is 0. The third-order valence-corrected chi connectivity index (χ3v) is 3.23. The minimum atomic E-state index is 0.301. The number of rotatable bonds is 5. The number of thiazole rings is 1. The van der Waals surface area contributed by atoms with Crippen molar-refractivity contribution in [2.75, 3.05) is 12.4 Å². The molecule has 0 aliphatic heterocycles. The fraction of sp³-hybridized carbons (Fsp3) is 0.571. The van der Waals surface area contributed by atoms with Crippen molar-refractivity contribution in [3.05, 3.63) is 16.6 Å². The average molecular weight is 189 g/mol. The molecule has 0 unspecified atom stereocenters. The zero-order chi connectivity index (χ0) is 7.94. The van der Waals surface area contributed by atoms with E-state index in [0.717, 1.165) is 17.9 Å². The fourth-order valence-corrected chi connectivity index (χ4v) is 2.31. The summed E-state index contributed by atoms with van der Waals surface area (Å²) in [5.41, 5.74) is 1.85. The van der Waals surface area contributed by atoms with Gasteiger partial charge in [-0.3, -0.25) is 4.98 Å². The lowest BCUT2D eigenvalue weighted by Gasteiger charge is -1.95. The molecule has 1 N–H and O–H groups in total. The molecule has 0 radical (unpaired) electrons. The topological polar surface area (TPSA) is 33.1 Å². The van der Waals surface area contributed by atoms with Crippen molar-refractivity contribution in [3.63, 3.8) is 0 Å². The Kier molecular flexibility index (Phi) is 4.58. The van der Waals surface area contributed by atoms with Crippen LogP contribution in [0.5, 0.6) is 0 Å².